The molecule has 4 heterocycles. The lowest BCUT2D eigenvalue weighted by molar-refractivity contribution is -0.133. The van der Waals surface area contributed by atoms with Gasteiger partial charge < -0.3 is 25.2 Å². The number of hydrogen-bond acceptors (Lipinski definition) is 7. The molecule has 2 aliphatic rings. The van der Waals surface area contributed by atoms with E-state index >= 15 is 0 Å². The lowest BCUT2D eigenvalue weighted by Gasteiger charge is -2.41. The van der Waals surface area contributed by atoms with E-state index in [1.165, 1.54) is 11.3 Å². The summed E-state index contributed by atoms with van der Waals surface area (Å²) in [4.78, 5) is 49.9. The van der Waals surface area contributed by atoms with E-state index in [9.17, 15) is 14.4 Å². The Morgan fingerprint density at radius 2 is 1.84 bits per heavy atom. The fraction of sp³-hybridized carbons (Fsp3) is 0.455. The molecule has 0 radical (unpaired) electrons. The van der Waals surface area contributed by atoms with Crippen molar-refractivity contribution in [1.82, 2.24) is 15.2 Å². The van der Waals surface area contributed by atoms with Gasteiger partial charge in [0, 0.05) is 42.3 Å². The largest absolute Gasteiger partial charge is 0.378 e. The predicted octanol–water partition coefficient (Wildman–Crippen LogP) is 4.78. The molecule has 43 heavy (non-hydrogen) atoms. The van der Waals surface area contributed by atoms with E-state index in [-0.39, 0.29) is 29.6 Å². The van der Waals surface area contributed by atoms with Crippen LogP contribution in [0.2, 0.25) is 0 Å². The highest BCUT2D eigenvalue weighted by Gasteiger charge is 2.42. The lowest BCUT2D eigenvalue weighted by Crippen LogP contribution is -2.63. The average Bonchev–Trinajstić information content (AvgIpc) is 3.38. The minimum atomic E-state index is -0.979. The molecule has 0 atom stereocenters. The summed E-state index contributed by atoms with van der Waals surface area (Å²) in [5.74, 6) is -0.609. The number of aromatic nitrogens is 1. The van der Waals surface area contributed by atoms with Crippen LogP contribution in [-0.4, -0.2) is 72.5 Å². The van der Waals surface area contributed by atoms with E-state index in [1.54, 1.807) is 18.7 Å². The van der Waals surface area contributed by atoms with Gasteiger partial charge in [-0.2, -0.15) is 0 Å². The van der Waals surface area contributed by atoms with Gasteiger partial charge in [-0.15, -0.1) is 11.3 Å². The minimum absolute atomic E-state index is 0.0455. The van der Waals surface area contributed by atoms with E-state index in [0.29, 0.717) is 42.4 Å². The van der Waals surface area contributed by atoms with Crippen LogP contribution in [0.1, 0.15) is 60.3 Å². The minimum Gasteiger partial charge on any atom is -0.378 e. The zero-order valence-electron chi connectivity index (χ0n) is 25.9. The third kappa shape index (κ3) is 6.75. The normalized spacial score (nSPS) is 17.0. The van der Waals surface area contributed by atoms with Gasteiger partial charge in [0.25, 0.3) is 5.91 Å². The third-order valence-electron chi connectivity index (χ3n) is 7.97. The summed E-state index contributed by atoms with van der Waals surface area (Å²) in [7, 11) is 0. The quantitative estimate of drug-likeness (QED) is 0.420. The number of hydrogen-bond donors (Lipinski definition) is 2. The number of benzene rings is 1. The number of rotatable bonds is 6. The first-order chi connectivity index (χ1) is 20.3. The van der Waals surface area contributed by atoms with Crippen molar-refractivity contribution in [2.75, 3.05) is 49.6 Å². The lowest BCUT2D eigenvalue weighted by atomic mass is 9.93. The molecule has 2 aliphatic heterocycles. The molecule has 0 bridgehead atoms. The Morgan fingerprint density at radius 1 is 1.09 bits per heavy atom. The molecule has 3 amide bonds. The van der Waals surface area contributed by atoms with Crippen LogP contribution in [0.15, 0.2) is 42.6 Å². The summed E-state index contributed by atoms with van der Waals surface area (Å²) in [6.07, 6.45) is 1.93. The van der Waals surface area contributed by atoms with Crippen LogP contribution >= 0.6 is 11.3 Å². The van der Waals surface area contributed by atoms with Gasteiger partial charge in [-0.05, 0) is 73.7 Å². The fourth-order valence-electron chi connectivity index (χ4n) is 5.44. The molecule has 10 heteroatoms. The summed E-state index contributed by atoms with van der Waals surface area (Å²) in [6.45, 7) is 15.7. The number of ether oxygens (including phenoxy) is 1. The molecule has 0 saturated carbocycles. The van der Waals surface area contributed by atoms with Gasteiger partial charge in [-0.3, -0.25) is 19.4 Å². The van der Waals surface area contributed by atoms with Gasteiger partial charge >= 0.3 is 0 Å². The highest BCUT2D eigenvalue weighted by atomic mass is 32.1. The molecule has 0 spiro atoms. The molecular formula is C33H41N5O4S. The zero-order valence-corrected chi connectivity index (χ0v) is 26.7. The van der Waals surface area contributed by atoms with Crippen molar-refractivity contribution in [2.45, 2.75) is 58.9 Å². The van der Waals surface area contributed by atoms with Crippen molar-refractivity contribution < 1.29 is 19.1 Å². The number of morpholine rings is 1. The second-order valence-corrected chi connectivity index (χ2v) is 13.9. The molecule has 2 saturated heterocycles. The number of pyridine rings is 1. The second-order valence-electron chi connectivity index (χ2n) is 12.8. The maximum absolute atomic E-state index is 13.8. The monoisotopic (exact) mass is 603 g/mol. The Kier molecular flexibility index (Phi) is 8.63. The van der Waals surface area contributed by atoms with Crippen LogP contribution in [0.3, 0.4) is 0 Å². The maximum Gasteiger partial charge on any atom is 0.265 e. The average molecular weight is 604 g/mol. The topological polar surface area (TPSA) is 104 Å². The Balaban J connectivity index is 1.35. The molecule has 9 nitrogen and oxygen atoms in total. The van der Waals surface area contributed by atoms with Gasteiger partial charge in [0.2, 0.25) is 11.8 Å². The van der Waals surface area contributed by atoms with E-state index < -0.39 is 5.54 Å². The van der Waals surface area contributed by atoms with E-state index in [2.05, 4.69) is 42.4 Å². The van der Waals surface area contributed by atoms with Gasteiger partial charge in [-0.1, -0.05) is 20.8 Å². The smallest absolute Gasteiger partial charge is 0.265 e. The number of carbonyl (C=O) groups is 3. The number of aryl methyl sites for hydroxylation is 1. The van der Waals surface area contributed by atoms with Crippen molar-refractivity contribution in [2.24, 2.45) is 0 Å². The summed E-state index contributed by atoms with van der Waals surface area (Å²) >= 11 is 1.41. The van der Waals surface area contributed by atoms with E-state index in [0.717, 1.165) is 40.5 Å². The predicted molar refractivity (Wildman–Crippen MR) is 171 cm³/mol. The molecule has 2 N–H and O–H groups in total. The Bertz CT molecular complexity index is 1520. The Hall–Kier alpha value is -3.76. The van der Waals surface area contributed by atoms with Crippen molar-refractivity contribution in [1.29, 1.82) is 0 Å². The Morgan fingerprint density at radius 3 is 2.51 bits per heavy atom. The van der Waals surface area contributed by atoms with Crippen LogP contribution < -0.4 is 15.5 Å². The third-order valence-corrected chi connectivity index (χ3v) is 9.56. The molecule has 2 aromatic heterocycles. The molecule has 2 fully saturated rings. The number of amides is 3. The summed E-state index contributed by atoms with van der Waals surface area (Å²) < 4.78 is 5.45. The van der Waals surface area contributed by atoms with Gasteiger partial charge in [-0.25, -0.2) is 0 Å². The fourth-order valence-corrected chi connectivity index (χ4v) is 6.62. The number of piperazine rings is 1. The highest BCUT2D eigenvalue weighted by Crippen LogP contribution is 2.35. The van der Waals surface area contributed by atoms with Crippen molar-refractivity contribution in [3.8, 4) is 11.3 Å². The number of carbonyl (C=O) groups excluding carboxylic acids is 3. The maximum atomic E-state index is 13.8. The molecule has 0 unspecified atom stereocenters. The number of anilines is 2. The van der Waals surface area contributed by atoms with Crippen LogP contribution in [0, 0.1) is 6.92 Å². The van der Waals surface area contributed by atoms with Crippen molar-refractivity contribution >= 4 is 40.4 Å². The number of thiophene rings is 1. The number of nitrogens with zero attached hydrogens (tertiary/aromatic N) is 3. The van der Waals surface area contributed by atoms with Gasteiger partial charge in [0.05, 0.1) is 42.1 Å². The standard InChI is InChI=1S/C33H41N5O4S/c1-21-15-22(26-8-7-25(20-35-26)37-11-13-42-14-12-37)17-24(16-21)36-28(39)19-23-18-27(32(2,3)4)43-29(23)30(40)38-10-9-34-31(41)33(38,5)6/h7-8,15-18,20H,9-14,19H2,1-6H3,(H,34,41)(H,36,39). The molecule has 5 rings (SSSR count). The molecular weight excluding hydrogens is 562 g/mol. The molecule has 0 aliphatic carbocycles. The van der Waals surface area contributed by atoms with E-state index in [1.807, 2.05) is 43.5 Å². The first-order valence-corrected chi connectivity index (χ1v) is 15.6. The SMILES string of the molecule is Cc1cc(NC(=O)Cc2cc(C(C)(C)C)sc2C(=O)N2CCNC(=O)C2(C)C)cc(-c2ccc(N3CCOCC3)cn2)c1. The molecule has 3 aromatic rings. The summed E-state index contributed by atoms with van der Waals surface area (Å²) in [6, 6.07) is 12.0. The van der Waals surface area contributed by atoms with Crippen molar-refractivity contribution in [3.05, 3.63) is 63.5 Å². The van der Waals surface area contributed by atoms with Gasteiger partial charge in [0.1, 0.15) is 5.54 Å². The first-order valence-electron chi connectivity index (χ1n) is 14.8. The van der Waals surface area contributed by atoms with Crippen LogP contribution in [0.25, 0.3) is 11.3 Å². The van der Waals surface area contributed by atoms with E-state index in [4.69, 9.17) is 9.72 Å². The number of nitrogens with one attached hydrogen (secondary N) is 2. The van der Waals surface area contributed by atoms with Gasteiger partial charge in [0.15, 0.2) is 0 Å². The van der Waals surface area contributed by atoms with Crippen LogP contribution in [-0.2, 0) is 26.2 Å². The molecule has 228 valence electrons. The second kappa shape index (κ2) is 12.1. The highest BCUT2D eigenvalue weighted by molar-refractivity contribution is 7.14. The van der Waals surface area contributed by atoms with Crippen LogP contribution in [0.5, 0.6) is 0 Å². The van der Waals surface area contributed by atoms with Crippen molar-refractivity contribution in [3.63, 3.8) is 0 Å². The zero-order chi connectivity index (χ0) is 30.9. The first kappa shape index (κ1) is 30.7. The Labute approximate surface area is 257 Å². The summed E-state index contributed by atoms with van der Waals surface area (Å²) in [5.41, 5.74) is 3.98. The molecule has 1 aromatic carbocycles. The summed E-state index contributed by atoms with van der Waals surface area (Å²) in [5, 5.41) is 5.89. The van der Waals surface area contributed by atoms with Crippen LogP contribution in [0.4, 0.5) is 11.4 Å².